The second-order valence-electron chi connectivity index (χ2n) is 4.84. The Labute approximate surface area is 113 Å². The van der Waals surface area contributed by atoms with Crippen LogP contribution in [0.5, 0.6) is 0 Å². The summed E-state index contributed by atoms with van der Waals surface area (Å²) in [5, 5.41) is 13.7. The monoisotopic (exact) mass is 269 g/mol. The molecule has 0 radical (unpaired) electrons. The van der Waals surface area contributed by atoms with Crippen LogP contribution in [0.15, 0.2) is 6.07 Å². The molecule has 1 saturated carbocycles. The molecule has 0 aliphatic heterocycles. The SMILES string of the molecule is CCCc1nc(Cl)cc(NC2CCCCC2O)n1. The Morgan fingerprint density at radius 3 is 2.89 bits per heavy atom. The maximum atomic E-state index is 9.93. The molecule has 5 heteroatoms. The highest BCUT2D eigenvalue weighted by Gasteiger charge is 2.23. The zero-order valence-corrected chi connectivity index (χ0v) is 11.5. The third-order valence-corrected chi connectivity index (χ3v) is 3.47. The Balaban J connectivity index is 2.07. The summed E-state index contributed by atoms with van der Waals surface area (Å²) >= 11 is 5.99. The first-order valence-electron chi connectivity index (χ1n) is 6.67. The Morgan fingerprint density at radius 1 is 1.39 bits per heavy atom. The Bertz CT molecular complexity index is 400. The van der Waals surface area contributed by atoms with E-state index < -0.39 is 0 Å². The average Bonchev–Trinajstić information content (AvgIpc) is 2.32. The van der Waals surface area contributed by atoms with Crippen molar-refractivity contribution in [2.45, 2.75) is 57.6 Å². The minimum atomic E-state index is -0.290. The molecule has 1 aromatic heterocycles. The number of aliphatic hydroxyl groups is 1. The first-order valence-corrected chi connectivity index (χ1v) is 7.05. The van der Waals surface area contributed by atoms with Gasteiger partial charge in [-0.2, -0.15) is 0 Å². The minimum Gasteiger partial charge on any atom is -0.391 e. The summed E-state index contributed by atoms with van der Waals surface area (Å²) in [7, 11) is 0. The fourth-order valence-electron chi connectivity index (χ4n) is 2.34. The van der Waals surface area contributed by atoms with Crippen LogP contribution in [0.1, 0.15) is 44.9 Å². The van der Waals surface area contributed by atoms with E-state index in [1.54, 1.807) is 6.07 Å². The summed E-state index contributed by atoms with van der Waals surface area (Å²) in [5.41, 5.74) is 0. The van der Waals surface area contributed by atoms with E-state index in [2.05, 4.69) is 22.2 Å². The van der Waals surface area contributed by atoms with Gasteiger partial charge in [-0.25, -0.2) is 9.97 Å². The topological polar surface area (TPSA) is 58.0 Å². The van der Waals surface area contributed by atoms with Gasteiger partial charge in [-0.05, 0) is 19.3 Å². The smallest absolute Gasteiger partial charge is 0.134 e. The molecule has 1 aliphatic carbocycles. The van der Waals surface area contributed by atoms with Crippen molar-refractivity contribution in [1.29, 1.82) is 0 Å². The molecule has 18 heavy (non-hydrogen) atoms. The van der Waals surface area contributed by atoms with Crippen LogP contribution in [0.3, 0.4) is 0 Å². The lowest BCUT2D eigenvalue weighted by Crippen LogP contribution is -2.36. The predicted octanol–water partition coefficient (Wildman–Crippen LogP) is 2.80. The lowest BCUT2D eigenvalue weighted by Gasteiger charge is -2.28. The van der Waals surface area contributed by atoms with E-state index in [1.807, 2.05) is 0 Å². The molecule has 0 saturated heterocycles. The second-order valence-corrected chi connectivity index (χ2v) is 5.23. The highest BCUT2D eigenvalue weighted by Crippen LogP contribution is 2.22. The Kier molecular flexibility index (Phi) is 4.78. The summed E-state index contributed by atoms with van der Waals surface area (Å²) < 4.78 is 0. The van der Waals surface area contributed by atoms with Crippen molar-refractivity contribution >= 4 is 17.4 Å². The third kappa shape index (κ3) is 3.56. The van der Waals surface area contributed by atoms with Crippen molar-refractivity contribution in [3.8, 4) is 0 Å². The molecule has 2 rings (SSSR count). The van der Waals surface area contributed by atoms with Gasteiger partial charge in [0, 0.05) is 12.5 Å². The van der Waals surface area contributed by atoms with Crippen LogP contribution in [-0.2, 0) is 6.42 Å². The summed E-state index contributed by atoms with van der Waals surface area (Å²) in [4.78, 5) is 8.62. The molecule has 4 nitrogen and oxygen atoms in total. The van der Waals surface area contributed by atoms with E-state index in [9.17, 15) is 5.11 Å². The van der Waals surface area contributed by atoms with Gasteiger partial charge in [0.1, 0.15) is 16.8 Å². The van der Waals surface area contributed by atoms with E-state index in [-0.39, 0.29) is 12.1 Å². The van der Waals surface area contributed by atoms with Crippen molar-refractivity contribution < 1.29 is 5.11 Å². The molecule has 1 fully saturated rings. The second kappa shape index (κ2) is 6.34. The summed E-state index contributed by atoms with van der Waals surface area (Å²) in [5.74, 6) is 1.49. The van der Waals surface area contributed by atoms with Crippen LogP contribution in [0.4, 0.5) is 5.82 Å². The maximum Gasteiger partial charge on any atom is 0.134 e. The third-order valence-electron chi connectivity index (χ3n) is 3.28. The minimum absolute atomic E-state index is 0.0826. The lowest BCUT2D eigenvalue weighted by molar-refractivity contribution is 0.116. The summed E-state index contributed by atoms with van der Waals surface area (Å²) in [6, 6.07) is 1.81. The fourth-order valence-corrected chi connectivity index (χ4v) is 2.54. The lowest BCUT2D eigenvalue weighted by atomic mass is 9.93. The molecule has 2 N–H and O–H groups in total. The van der Waals surface area contributed by atoms with Crippen molar-refractivity contribution in [2.75, 3.05) is 5.32 Å². The normalized spacial score (nSPS) is 23.9. The molecule has 1 aliphatic rings. The fraction of sp³-hybridized carbons (Fsp3) is 0.692. The van der Waals surface area contributed by atoms with Gasteiger partial charge in [-0.3, -0.25) is 0 Å². The van der Waals surface area contributed by atoms with Gasteiger partial charge in [0.25, 0.3) is 0 Å². The molecule has 0 spiro atoms. The molecule has 2 atom stereocenters. The van der Waals surface area contributed by atoms with Crippen LogP contribution in [0, 0.1) is 0 Å². The average molecular weight is 270 g/mol. The van der Waals surface area contributed by atoms with Crippen LogP contribution in [0.2, 0.25) is 5.15 Å². The van der Waals surface area contributed by atoms with Crippen LogP contribution < -0.4 is 5.32 Å². The van der Waals surface area contributed by atoms with E-state index >= 15 is 0 Å². The van der Waals surface area contributed by atoms with Gasteiger partial charge in [0.15, 0.2) is 0 Å². The van der Waals surface area contributed by atoms with E-state index in [0.717, 1.165) is 50.2 Å². The van der Waals surface area contributed by atoms with Crippen LogP contribution in [0.25, 0.3) is 0 Å². The molecule has 0 aromatic carbocycles. The Hall–Kier alpha value is -0.870. The van der Waals surface area contributed by atoms with Crippen molar-refractivity contribution in [3.05, 3.63) is 17.0 Å². The Morgan fingerprint density at radius 2 is 2.17 bits per heavy atom. The number of anilines is 1. The molecule has 1 aromatic rings. The van der Waals surface area contributed by atoms with Crippen molar-refractivity contribution in [1.82, 2.24) is 9.97 Å². The van der Waals surface area contributed by atoms with E-state index in [0.29, 0.717) is 5.15 Å². The standard InChI is InChI=1S/C13H20ClN3O/c1-2-5-12-16-11(14)8-13(17-12)15-9-6-3-4-7-10(9)18/h8-10,18H,2-7H2,1H3,(H,15,16,17). The van der Waals surface area contributed by atoms with E-state index in [1.165, 1.54) is 0 Å². The highest BCUT2D eigenvalue weighted by molar-refractivity contribution is 6.29. The quantitative estimate of drug-likeness (QED) is 0.826. The van der Waals surface area contributed by atoms with Crippen LogP contribution in [-0.4, -0.2) is 27.2 Å². The number of aromatic nitrogens is 2. The van der Waals surface area contributed by atoms with Gasteiger partial charge < -0.3 is 10.4 Å². The number of hydrogen-bond acceptors (Lipinski definition) is 4. The maximum absolute atomic E-state index is 9.93. The number of halogens is 1. The molecule has 1 heterocycles. The van der Waals surface area contributed by atoms with Crippen molar-refractivity contribution in [3.63, 3.8) is 0 Å². The number of rotatable bonds is 4. The number of hydrogen-bond donors (Lipinski definition) is 2. The van der Waals surface area contributed by atoms with Gasteiger partial charge in [0.05, 0.1) is 12.1 Å². The number of aliphatic hydroxyl groups excluding tert-OH is 1. The first-order chi connectivity index (χ1) is 8.69. The van der Waals surface area contributed by atoms with Gasteiger partial charge in [-0.15, -0.1) is 0 Å². The predicted molar refractivity (Wildman–Crippen MR) is 72.9 cm³/mol. The molecular formula is C13H20ClN3O. The highest BCUT2D eigenvalue weighted by atomic mass is 35.5. The van der Waals surface area contributed by atoms with E-state index in [4.69, 9.17) is 11.6 Å². The van der Waals surface area contributed by atoms with Crippen molar-refractivity contribution in [2.24, 2.45) is 0 Å². The molecule has 0 amide bonds. The summed E-state index contributed by atoms with van der Waals surface area (Å²) in [6.45, 7) is 2.09. The van der Waals surface area contributed by atoms with Gasteiger partial charge in [-0.1, -0.05) is 31.4 Å². The molecule has 2 unspecified atom stereocenters. The number of aryl methyl sites for hydroxylation is 1. The van der Waals surface area contributed by atoms with Gasteiger partial charge in [0.2, 0.25) is 0 Å². The summed E-state index contributed by atoms with van der Waals surface area (Å²) in [6.07, 6.45) is 5.61. The molecular weight excluding hydrogens is 250 g/mol. The largest absolute Gasteiger partial charge is 0.391 e. The molecule has 100 valence electrons. The van der Waals surface area contributed by atoms with Gasteiger partial charge >= 0.3 is 0 Å². The number of nitrogens with one attached hydrogen (secondary N) is 1. The molecule has 0 bridgehead atoms. The van der Waals surface area contributed by atoms with Crippen LogP contribution >= 0.6 is 11.6 Å². The zero-order valence-electron chi connectivity index (χ0n) is 10.7. The zero-order chi connectivity index (χ0) is 13.0. The first kappa shape index (κ1) is 13.6. The number of nitrogens with zero attached hydrogens (tertiary/aromatic N) is 2.